The van der Waals surface area contributed by atoms with Gasteiger partial charge in [0, 0.05) is 29.4 Å². The molecule has 0 saturated carbocycles. The Kier molecular flexibility index (Phi) is 6.20. The molecule has 1 amide bonds. The lowest BCUT2D eigenvalue weighted by Crippen LogP contribution is -2.20. The van der Waals surface area contributed by atoms with Gasteiger partial charge in [0.05, 0.1) is 16.8 Å². The average Bonchev–Trinajstić information content (AvgIpc) is 3.13. The highest BCUT2D eigenvalue weighted by molar-refractivity contribution is 6.00. The van der Waals surface area contributed by atoms with Crippen molar-refractivity contribution < 1.29 is 27.1 Å². The fraction of sp³-hybridized carbons (Fsp3) is 0.174. The number of aromatic nitrogens is 3. The van der Waals surface area contributed by atoms with Crippen LogP contribution in [0, 0.1) is 12.7 Å². The van der Waals surface area contributed by atoms with Gasteiger partial charge in [-0.25, -0.2) is 19.2 Å². The zero-order chi connectivity index (χ0) is 24.5. The van der Waals surface area contributed by atoms with E-state index in [4.69, 9.17) is 4.74 Å². The number of carbonyl (C=O) groups excluding carboxylic acids is 1. The fourth-order valence-corrected chi connectivity index (χ4v) is 3.48. The Bertz CT molecular complexity index is 1370. The van der Waals surface area contributed by atoms with Crippen molar-refractivity contribution in [2.24, 2.45) is 0 Å². The van der Waals surface area contributed by atoms with Crippen LogP contribution in [0.4, 0.5) is 28.0 Å². The predicted molar refractivity (Wildman–Crippen MR) is 117 cm³/mol. The Morgan fingerprint density at radius 1 is 1.12 bits per heavy atom. The molecule has 34 heavy (non-hydrogen) atoms. The molecule has 11 heteroatoms. The van der Waals surface area contributed by atoms with Gasteiger partial charge in [0.1, 0.15) is 6.33 Å². The van der Waals surface area contributed by atoms with Crippen LogP contribution in [0.2, 0.25) is 0 Å². The van der Waals surface area contributed by atoms with Crippen molar-refractivity contribution in [3.05, 3.63) is 77.6 Å². The molecule has 0 bridgehead atoms. The molecule has 7 nitrogen and oxygen atoms in total. The van der Waals surface area contributed by atoms with Crippen molar-refractivity contribution >= 4 is 22.6 Å². The summed E-state index contributed by atoms with van der Waals surface area (Å²) in [5, 5.41) is 5.48. The Balaban J connectivity index is 1.63. The third-order valence-electron chi connectivity index (χ3n) is 4.98. The van der Waals surface area contributed by atoms with Gasteiger partial charge in [-0.2, -0.15) is 13.2 Å². The minimum atomic E-state index is -4.55. The van der Waals surface area contributed by atoms with Crippen molar-refractivity contribution in [1.82, 2.24) is 19.9 Å². The Morgan fingerprint density at radius 2 is 1.91 bits per heavy atom. The number of hydrogen-bond acceptors (Lipinski definition) is 5. The Hall–Kier alpha value is -3.99. The van der Waals surface area contributed by atoms with E-state index in [0.717, 1.165) is 12.1 Å². The Labute approximate surface area is 191 Å². The number of rotatable bonds is 5. The quantitative estimate of drug-likeness (QED) is 0.375. The van der Waals surface area contributed by atoms with Gasteiger partial charge in [0.15, 0.2) is 11.6 Å². The van der Waals surface area contributed by atoms with Crippen LogP contribution < -0.4 is 15.4 Å². The SMILES string of the molecule is CNCc1cc(Oc2ccc3c(cc(C)n3C(=O)Nc3cccc(C(F)(F)F)c3)c2F)ncn1. The van der Waals surface area contributed by atoms with Crippen LogP contribution in [0.15, 0.2) is 54.9 Å². The van der Waals surface area contributed by atoms with Gasteiger partial charge in [-0.05, 0) is 50.4 Å². The summed E-state index contributed by atoms with van der Waals surface area (Å²) in [6.45, 7) is 2.06. The maximum Gasteiger partial charge on any atom is 0.416 e. The number of alkyl halides is 3. The molecular formula is C23H19F4N5O2. The van der Waals surface area contributed by atoms with Crippen LogP contribution in [0.5, 0.6) is 11.6 Å². The van der Waals surface area contributed by atoms with Gasteiger partial charge in [0.2, 0.25) is 5.88 Å². The van der Waals surface area contributed by atoms with E-state index in [2.05, 4.69) is 20.6 Å². The molecule has 0 aliphatic carbocycles. The minimum absolute atomic E-state index is 0.0392. The molecule has 0 spiro atoms. The number of halogens is 4. The van der Waals surface area contributed by atoms with Crippen molar-refractivity contribution in [2.75, 3.05) is 12.4 Å². The maximum absolute atomic E-state index is 15.2. The molecule has 2 N–H and O–H groups in total. The van der Waals surface area contributed by atoms with Crippen LogP contribution in [0.1, 0.15) is 17.0 Å². The van der Waals surface area contributed by atoms with E-state index >= 15 is 4.39 Å². The lowest BCUT2D eigenvalue weighted by atomic mass is 10.2. The molecule has 0 aliphatic heterocycles. The minimum Gasteiger partial charge on any atom is -0.436 e. The Morgan fingerprint density at radius 3 is 2.65 bits per heavy atom. The number of carbonyl (C=O) groups is 1. The second kappa shape index (κ2) is 9.10. The molecule has 0 fully saturated rings. The normalized spacial score (nSPS) is 11.6. The first-order valence-corrected chi connectivity index (χ1v) is 10.1. The van der Waals surface area contributed by atoms with Gasteiger partial charge in [-0.15, -0.1) is 0 Å². The molecule has 4 rings (SSSR count). The van der Waals surface area contributed by atoms with Crippen LogP contribution >= 0.6 is 0 Å². The van der Waals surface area contributed by atoms with E-state index < -0.39 is 23.6 Å². The molecule has 176 valence electrons. The summed E-state index contributed by atoms with van der Waals surface area (Å²) in [7, 11) is 1.76. The number of anilines is 1. The van der Waals surface area contributed by atoms with Gasteiger partial charge >= 0.3 is 12.2 Å². The standard InChI is InChI=1S/C23H19F4N5O2/c1-13-8-17-18(32(13)22(33)31-15-5-3-4-14(9-15)23(25,26)27)6-7-19(21(17)24)34-20-10-16(11-28-2)29-12-30-20/h3-10,12,28H,11H2,1-2H3,(H,31,33). The highest BCUT2D eigenvalue weighted by Crippen LogP contribution is 2.33. The molecule has 2 aromatic carbocycles. The monoisotopic (exact) mass is 473 g/mol. The summed E-state index contributed by atoms with van der Waals surface area (Å²) in [6.07, 6.45) is -3.25. The number of fused-ring (bicyclic) bond motifs is 1. The topological polar surface area (TPSA) is 81.1 Å². The van der Waals surface area contributed by atoms with Crippen LogP contribution in [-0.4, -0.2) is 27.6 Å². The lowest BCUT2D eigenvalue weighted by Gasteiger charge is -2.12. The van der Waals surface area contributed by atoms with Gasteiger partial charge in [-0.3, -0.25) is 4.57 Å². The third kappa shape index (κ3) is 4.69. The molecule has 2 aromatic heterocycles. The number of ether oxygens (including phenoxy) is 1. The summed E-state index contributed by atoms with van der Waals surface area (Å²) < 4.78 is 60.9. The number of benzene rings is 2. The summed E-state index contributed by atoms with van der Waals surface area (Å²) in [4.78, 5) is 20.9. The lowest BCUT2D eigenvalue weighted by molar-refractivity contribution is -0.137. The van der Waals surface area contributed by atoms with E-state index in [1.807, 2.05) is 0 Å². The molecule has 0 atom stereocenters. The predicted octanol–water partition coefficient (Wildman–Crippen LogP) is 5.49. The van der Waals surface area contributed by atoms with Crippen LogP contribution in [-0.2, 0) is 12.7 Å². The van der Waals surface area contributed by atoms with E-state index in [9.17, 15) is 18.0 Å². The first kappa shape index (κ1) is 23.2. The summed E-state index contributed by atoms with van der Waals surface area (Å²) >= 11 is 0. The molecule has 0 unspecified atom stereocenters. The molecule has 2 heterocycles. The second-order valence-electron chi connectivity index (χ2n) is 7.42. The molecule has 0 radical (unpaired) electrons. The number of amides is 1. The highest BCUT2D eigenvalue weighted by Gasteiger charge is 2.30. The zero-order valence-corrected chi connectivity index (χ0v) is 18.1. The average molecular weight is 473 g/mol. The van der Waals surface area contributed by atoms with Crippen molar-refractivity contribution in [3.63, 3.8) is 0 Å². The van der Waals surface area contributed by atoms with Crippen LogP contribution in [0.3, 0.4) is 0 Å². The second-order valence-corrected chi connectivity index (χ2v) is 7.42. The molecular weight excluding hydrogens is 454 g/mol. The van der Waals surface area contributed by atoms with Crippen molar-refractivity contribution in [3.8, 4) is 11.6 Å². The summed E-state index contributed by atoms with van der Waals surface area (Å²) in [5.41, 5.74) is 0.332. The molecule has 0 aliphatic rings. The maximum atomic E-state index is 15.2. The zero-order valence-electron chi connectivity index (χ0n) is 18.1. The van der Waals surface area contributed by atoms with E-state index in [1.165, 1.54) is 41.2 Å². The highest BCUT2D eigenvalue weighted by atomic mass is 19.4. The summed E-state index contributed by atoms with van der Waals surface area (Å²) in [5.74, 6) is -0.658. The van der Waals surface area contributed by atoms with Crippen molar-refractivity contribution in [2.45, 2.75) is 19.6 Å². The van der Waals surface area contributed by atoms with E-state index in [0.29, 0.717) is 17.9 Å². The van der Waals surface area contributed by atoms with E-state index in [1.54, 1.807) is 20.0 Å². The first-order chi connectivity index (χ1) is 16.2. The fourth-order valence-electron chi connectivity index (χ4n) is 3.48. The van der Waals surface area contributed by atoms with Gasteiger partial charge in [-0.1, -0.05) is 6.07 Å². The first-order valence-electron chi connectivity index (χ1n) is 10.1. The van der Waals surface area contributed by atoms with E-state index in [-0.39, 0.29) is 28.2 Å². The third-order valence-corrected chi connectivity index (χ3v) is 4.98. The van der Waals surface area contributed by atoms with Gasteiger partial charge < -0.3 is 15.4 Å². The summed E-state index contributed by atoms with van der Waals surface area (Å²) in [6, 6.07) is 9.40. The smallest absolute Gasteiger partial charge is 0.416 e. The molecule has 0 saturated heterocycles. The van der Waals surface area contributed by atoms with Gasteiger partial charge in [0.25, 0.3) is 0 Å². The number of nitrogens with one attached hydrogen (secondary N) is 2. The molecule has 4 aromatic rings. The van der Waals surface area contributed by atoms with Crippen LogP contribution in [0.25, 0.3) is 10.9 Å². The largest absolute Gasteiger partial charge is 0.436 e. The number of aryl methyl sites for hydroxylation is 1. The number of nitrogens with zero attached hydrogens (tertiary/aromatic N) is 3. The van der Waals surface area contributed by atoms with Crippen molar-refractivity contribution in [1.29, 1.82) is 0 Å². The number of hydrogen-bond donors (Lipinski definition) is 2.